The van der Waals surface area contributed by atoms with E-state index < -0.39 is 11.4 Å². The number of carbonyl (C=O) groups excluding carboxylic acids is 1. The van der Waals surface area contributed by atoms with Crippen LogP contribution in [-0.2, 0) is 9.53 Å². The van der Waals surface area contributed by atoms with Crippen LogP contribution in [0.25, 0.3) is 0 Å². The first kappa shape index (κ1) is 12.8. The Kier molecular flexibility index (Phi) is 3.76. The van der Waals surface area contributed by atoms with Crippen LogP contribution in [0.15, 0.2) is 18.2 Å². The number of ether oxygens (including phenoxy) is 1. The molecule has 0 aromatic carbocycles. The van der Waals surface area contributed by atoms with E-state index in [1.165, 1.54) is 6.07 Å². The zero-order valence-electron chi connectivity index (χ0n) is 9.99. The number of halogens is 1. The number of nitrogens with two attached hydrogens (primary N) is 1. The molecule has 5 nitrogen and oxygen atoms in total. The molecule has 98 valence electrons. The Labute approximate surface area is 105 Å². The lowest BCUT2D eigenvalue weighted by atomic mass is 9.79. The van der Waals surface area contributed by atoms with Crippen molar-refractivity contribution in [3.63, 3.8) is 0 Å². The Morgan fingerprint density at radius 1 is 1.50 bits per heavy atom. The largest absolute Gasteiger partial charge is 0.381 e. The van der Waals surface area contributed by atoms with E-state index in [1.54, 1.807) is 12.1 Å². The number of hydrogen-bond acceptors (Lipinski definition) is 4. The second kappa shape index (κ2) is 5.30. The first-order valence-electron chi connectivity index (χ1n) is 5.86. The molecule has 0 aliphatic carbocycles. The molecular weight excluding hydrogens is 237 g/mol. The highest BCUT2D eigenvalue weighted by molar-refractivity contribution is 5.81. The van der Waals surface area contributed by atoms with Gasteiger partial charge in [0.2, 0.25) is 11.9 Å². The van der Waals surface area contributed by atoms with E-state index in [1.807, 2.05) is 0 Å². The summed E-state index contributed by atoms with van der Waals surface area (Å²) in [4.78, 5) is 15.3. The van der Waals surface area contributed by atoms with Crippen molar-refractivity contribution in [2.24, 2.45) is 11.1 Å². The first-order valence-corrected chi connectivity index (χ1v) is 5.86. The van der Waals surface area contributed by atoms with Crippen LogP contribution >= 0.6 is 0 Å². The average Bonchev–Trinajstić information content (AvgIpc) is 2.37. The number of amides is 1. The molecule has 6 heteroatoms. The van der Waals surface area contributed by atoms with E-state index in [0.717, 1.165) is 0 Å². The molecule has 18 heavy (non-hydrogen) atoms. The number of aromatic nitrogens is 1. The standard InChI is InChI=1S/C12H16FN3O2/c13-9-2-1-3-10(16-9)15-8-12(11(14)17)4-6-18-7-5-12/h1-3H,4-8H2,(H2,14,17)(H,15,16). The molecule has 1 fully saturated rings. The van der Waals surface area contributed by atoms with E-state index in [2.05, 4.69) is 10.3 Å². The van der Waals surface area contributed by atoms with Crippen LogP contribution in [-0.4, -0.2) is 30.6 Å². The highest BCUT2D eigenvalue weighted by Gasteiger charge is 2.38. The molecule has 0 unspecified atom stereocenters. The van der Waals surface area contributed by atoms with E-state index in [9.17, 15) is 9.18 Å². The van der Waals surface area contributed by atoms with Crippen molar-refractivity contribution < 1.29 is 13.9 Å². The van der Waals surface area contributed by atoms with Crippen LogP contribution in [0.2, 0.25) is 0 Å². The molecule has 1 aromatic heterocycles. The van der Waals surface area contributed by atoms with Gasteiger partial charge in [-0.25, -0.2) is 4.98 Å². The summed E-state index contributed by atoms with van der Waals surface area (Å²) in [5.74, 6) is -0.503. The highest BCUT2D eigenvalue weighted by Crippen LogP contribution is 2.30. The normalized spacial score (nSPS) is 18.3. The number of carbonyl (C=O) groups is 1. The average molecular weight is 253 g/mol. The van der Waals surface area contributed by atoms with E-state index in [4.69, 9.17) is 10.5 Å². The molecule has 0 spiro atoms. The lowest BCUT2D eigenvalue weighted by molar-refractivity contribution is -0.132. The van der Waals surface area contributed by atoms with Crippen LogP contribution in [0.5, 0.6) is 0 Å². The molecule has 1 aromatic rings. The summed E-state index contributed by atoms with van der Waals surface area (Å²) in [5, 5.41) is 2.97. The van der Waals surface area contributed by atoms with Gasteiger partial charge in [0.25, 0.3) is 0 Å². The first-order chi connectivity index (χ1) is 8.62. The monoisotopic (exact) mass is 253 g/mol. The van der Waals surface area contributed by atoms with Crippen molar-refractivity contribution in [3.05, 3.63) is 24.1 Å². The molecule has 0 atom stereocenters. The summed E-state index contributed by atoms with van der Waals surface area (Å²) in [6.07, 6.45) is 1.15. The predicted octanol–water partition coefficient (Wildman–Crippen LogP) is 0.915. The van der Waals surface area contributed by atoms with Gasteiger partial charge in [0.1, 0.15) is 5.82 Å². The fourth-order valence-corrected chi connectivity index (χ4v) is 2.04. The molecule has 1 aliphatic heterocycles. The SMILES string of the molecule is NC(=O)C1(CNc2cccc(F)n2)CCOCC1. The highest BCUT2D eigenvalue weighted by atomic mass is 19.1. The quantitative estimate of drug-likeness (QED) is 0.782. The number of pyridine rings is 1. The molecule has 1 amide bonds. The van der Waals surface area contributed by atoms with Crippen molar-refractivity contribution in [2.45, 2.75) is 12.8 Å². The van der Waals surface area contributed by atoms with Crippen molar-refractivity contribution in [2.75, 3.05) is 25.1 Å². The lowest BCUT2D eigenvalue weighted by Gasteiger charge is -2.34. The van der Waals surface area contributed by atoms with Crippen LogP contribution < -0.4 is 11.1 Å². The van der Waals surface area contributed by atoms with E-state index in [0.29, 0.717) is 38.4 Å². The minimum atomic E-state index is -0.633. The maximum Gasteiger partial charge on any atom is 0.225 e. The van der Waals surface area contributed by atoms with Gasteiger partial charge in [-0.05, 0) is 25.0 Å². The van der Waals surface area contributed by atoms with Gasteiger partial charge in [0, 0.05) is 19.8 Å². The summed E-state index contributed by atoms with van der Waals surface area (Å²) >= 11 is 0. The lowest BCUT2D eigenvalue weighted by Crippen LogP contribution is -2.46. The molecule has 2 heterocycles. The summed E-state index contributed by atoms with van der Waals surface area (Å²) in [6.45, 7) is 1.38. The van der Waals surface area contributed by atoms with Gasteiger partial charge in [0.05, 0.1) is 5.41 Å². The number of nitrogens with one attached hydrogen (secondary N) is 1. The second-order valence-corrected chi connectivity index (χ2v) is 4.46. The molecule has 2 rings (SSSR count). The second-order valence-electron chi connectivity index (χ2n) is 4.46. The van der Waals surface area contributed by atoms with Crippen molar-refractivity contribution >= 4 is 11.7 Å². The van der Waals surface area contributed by atoms with Gasteiger partial charge in [-0.1, -0.05) is 6.07 Å². The van der Waals surface area contributed by atoms with Gasteiger partial charge in [-0.15, -0.1) is 0 Å². The summed E-state index contributed by atoms with van der Waals surface area (Å²) in [6, 6.07) is 4.48. The Morgan fingerprint density at radius 2 is 2.22 bits per heavy atom. The molecule has 1 saturated heterocycles. The fraction of sp³-hybridized carbons (Fsp3) is 0.500. The maximum atomic E-state index is 12.9. The Hall–Kier alpha value is -1.69. The number of nitrogens with zero attached hydrogens (tertiary/aromatic N) is 1. The third-order valence-electron chi connectivity index (χ3n) is 3.30. The minimum Gasteiger partial charge on any atom is -0.381 e. The Balaban J connectivity index is 2.04. The van der Waals surface area contributed by atoms with Crippen LogP contribution in [0.3, 0.4) is 0 Å². The third-order valence-corrected chi connectivity index (χ3v) is 3.30. The smallest absolute Gasteiger partial charge is 0.225 e. The summed E-state index contributed by atoms with van der Waals surface area (Å²) < 4.78 is 18.2. The number of hydrogen-bond donors (Lipinski definition) is 2. The van der Waals surface area contributed by atoms with Gasteiger partial charge in [0.15, 0.2) is 0 Å². The summed E-state index contributed by atoms with van der Waals surface area (Å²) in [7, 11) is 0. The molecule has 3 N–H and O–H groups in total. The van der Waals surface area contributed by atoms with Crippen LogP contribution in [0, 0.1) is 11.4 Å². The molecule has 0 radical (unpaired) electrons. The van der Waals surface area contributed by atoms with E-state index in [-0.39, 0.29) is 5.91 Å². The van der Waals surface area contributed by atoms with Crippen LogP contribution in [0.1, 0.15) is 12.8 Å². The van der Waals surface area contributed by atoms with E-state index >= 15 is 0 Å². The van der Waals surface area contributed by atoms with Gasteiger partial charge >= 0.3 is 0 Å². The molecule has 0 bridgehead atoms. The Morgan fingerprint density at radius 3 is 2.83 bits per heavy atom. The van der Waals surface area contributed by atoms with Crippen molar-refractivity contribution in [1.29, 1.82) is 0 Å². The molecular formula is C12H16FN3O2. The zero-order valence-corrected chi connectivity index (χ0v) is 9.99. The molecule has 0 saturated carbocycles. The maximum absolute atomic E-state index is 12.9. The van der Waals surface area contributed by atoms with Gasteiger partial charge in [-0.2, -0.15) is 4.39 Å². The minimum absolute atomic E-state index is 0.349. The zero-order chi connectivity index (χ0) is 13.0. The van der Waals surface area contributed by atoms with Crippen molar-refractivity contribution in [1.82, 2.24) is 4.98 Å². The van der Waals surface area contributed by atoms with Gasteiger partial charge in [-0.3, -0.25) is 4.79 Å². The topological polar surface area (TPSA) is 77.2 Å². The van der Waals surface area contributed by atoms with Gasteiger partial charge < -0.3 is 15.8 Å². The Bertz CT molecular complexity index is 433. The van der Waals surface area contributed by atoms with Crippen molar-refractivity contribution in [3.8, 4) is 0 Å². The predicted molar refractivity (Wildman–Crippen MR) is 64.4 cm³/mol. The fourth-order valence-electron chi connectivity index (χ4n) is 2.04. The third kappa shape index (κ3) is 2.76. The number of primary amides is 1. The molecule has 1 aliphatic rings. The number of anilines is 1. The van der Waals surface area contributed by atoms with Crippen LogP contribution in [0.4, 0.5) is 10.2 Å². The summed E-state index contributed by atoms with van der Waals surface area (Å²) in [5.41, 5.74) is 4.83. The number of rotatable bonds is 4.